The molecule has 0 radical (unpaired) electrons. The second-order valence-electron chi connectivity index (χ2n) is 10.2. The average molecular weight is 563 g/mol. The second kappa shape index (κ2) is 13.4. The highest BCUT2D eigenvalue weighted by molar-refractivity contribution is 5.83. The number of aromatic nitrogens is 2. The lowest BCUT2D eigenvalue weighted by Gasteiger charge is -2.23. The third-order valence-corrected chi connectivity index (χ3v) is 5.82. The van der Waals surface area contributed by atoms with Crippen molar-refractivity contribution >= 4 is 18.0 Å². The number of benzene rings is 1. The van der Waals surface area contributed by atoms with Crippen LogP contribution in [-0.4, -0.2) is 74.2 Å². The van der Waals surface area contributed by atoms with Gasteiger partial charge in [0.1, 0.15) is 36.6 Å². The molecule has 3 rings (SSSR count). The zero-order chi connectivity index (χ0) is 29.4. The van der Waals surface area contributed by atoms with E-state index >= 15 is 0 Å². The third kappa shape index (κ3) is 8.76. The van der Waals surface area contributed by atoms with E-state index in [1.807, 2.05) is 11.1 Å². The minimum Gasteiger partial charge on any atom is -0.459 e. The van der Waals surface area contributed by atoms with E-state index in [1.165, 1.54) is 0 Å². The summed E-state index contributed by atoms with van der Waals surface area (Å²) in [6.45, 7) is 4.73. The molecule has 1 saturated heterocycles. The molecular weight excluding hydrogens is 528 g/mol. The quantitative estimate of drug-likeness (QED) is 0.239. The monoisotopic (exact) mass is 562 g/mol. The van der Waals surface area contributed by atoms with E-state index in [4.69, 9.17) is 14.2 Å². The normalized spacial score (nSPS) is 21.3. The molecule has 0 spiro atoms. The standard InChI is InChI=1S/C26H34N4O10/c1-26(2,3)40-25(37)28-16(23(35)38-14-15-7-5-4-6-8-15)9-10-18(31)27-13-17-20(33)21(34)22(39-17)30-12-11-19(32)29-24(30)36/h4-8,11-12,16-17,20-22,33-34H,9-10,13-14H2,1-3H3,(H,27,31)(H,28,37)(H,29,32,36)/t16-,17+,20+,21+,22+/m0/s1. The van der Waals surface area contributed by atoms with Gasteiger partial charge in [-0.25, -0.2) is 14.4 Å². The van der Waals surface area contributed by atoms with Crippen LogP contribution in [0.2, 0.25) is 0 Å². The zero-order valence-corrected chi connectivity index (χ0v) is 22.4. The lowest BCUT2D eigenvalue weighted by atomic mass is 10.1. The van der Waals surface area contributed by atoms with Crippen molar-refractivity contribution in [2.45, 2.75) is 76.4 Å². The van der Waals surface area contributed by atoms with E-state index in [9.17, 15) is 34.2 Å². The van der Waals surface area contributed by atoms with Crippen molar-refractivity contribution in [3.05, 3.63) is 69.0 Å². The van der Waals surface area contributed by atoms with Crippen LogP contribution >= 0.6 is 0 Å². The van der Waals surface area contributed by atoms with Crippen molar-refractivity contribution in [2.24, 2.45) is 0 Å². The largest absolute Gasteiger partial charge is 0.459 e. The maximum absolute atomic E-state index is 12.7. The molecule has 2 heterocycles. The predicted octanol–water partition coefficient (Wildman–Crippen LogP) is -0.311. The fourth-order valence-electron chi connectivity index (χ4n) is 3.86. The Morgan fingerprint density at radius 3 is 2.45 bits per heavy atom. The molecule has 5 atom stereocenters. The highest BCUT2D eigenvalue weighted by Crippen LogP contribution is 2.27. The Bertz CT molecular complexity index is 1290. The highest BCUT2D eigenvalue weighted by Gasteiger charge is 2.44. The molecule has 218 valence electrons. The van der Waals surface area contributed by atoms with Crippen molar-refractivity contribution in [2.75, 3.05) is 6.54 Å². The molecule has 1 aliphatic heterocycles. The van der Waals surface area contributed by atoms with Gasteiger partial charge in [-0.3, -0.25) is 19.1 Å². The van der Waals surface area contributed by atoms with Crippen molar-refractivity contribution < 1.29 is 38.8 Å². The summed E-state index contributed by atoms with van der Waals surface area (Å²) in [7, 11) is 0. The van der Waals surface area contributed by atoms with Crippen LogP contribution in [0.25, 0.3) is 0 Å². The molecule has 1 fully saturated rings. The summed E-state index contributed by atoms with van der Waals surface area (Å²) in [6.07, 6.45) is -5.38. The molecule has 0 aliphatic carbocycles. The van der Waals surface area contributed by atoms with Gasteiger partial charge in [0.2, 0.25) is 5.91 Å². The molecule has 40 heavy (non-hydrogen) atoms. The van der Waals surface area contributed by atoms with Crippen molar-refractivity contribution in [3.8, 4) is 0 Å². The predicted molar refractivity (Wildman–Crippen MR) is 139 cm³/mol. The minimum absolute atomic E-state index is 0.0306. The molecule has 0 bridgehead atoms. The zero-order valence-electron chi connectivity index (χ0n) is 22.4. The molecule has 1 aromatic carbocycles. The first-order valence-electron chi connectivity index (χ1n) is 12.6. The number of esters is 1. The molecule has 5 N–H and O–H groups in total. The summed E-state index contributed by atoms with van der Waals surface area (Å²) < 4.78 is 17.0. The van der Waals surface area contributed by atoms with Gasteiger partial charge in [0.05, 0.1) is 0 Å². The van der Waals surface area contributed by atoms with E-state index < -0.39 is 65.4 Å². The van der Waals surface area contributed by atoms with Crippen LogP contribution in [-0.2, 0) is 30.4 Å². The van der Waals surface area contributed by atoms with Crippen LogP contribution in [0.3, 0.4) is 0 Å². The SMILES string of the molecule is CC(C)(C)OC(=O)N[C@@H](CCC(=O)NC[C@H]1O[C@@H](n2ccc(=O)[nH]c2=O)[C@H](O)[C@@H]1O)C(=O)OCc1ccccc1. The van der Waals surface area contributed by atoms with Crippen LogP contribution in [0.4, 0.5) is 4.79 Å². The van der Waals surface area contributed by atoms with Crippen LogP contribution in [0.5, 0.6) is 0 Å². The first kappa shape index (κ1) is 30.5. The van der Waals surface area contributed by atoms with Crippen molar-refractivity contribution in [1.82, 2.24) is 20.2 Å². The number of carbonyl (C=O) groups excluding carboxylic acids is 3. The van der Waals surface area contributed by atoms with Gasteiger partial charge in [-0.2, -0.15) is 0 Å². The number of aliphatic hydroxyl groups excluding tert-OH is 2. The van der Waals surface area contributed by atoms with Gasteiger partial charge in [0.15, 0.2) is 6.23 Å². The summed E-state index contributed by atoms with van der Waals surface area (Å²) in [6, 6.07) is 8.81. The Balaban J connectivity index is 1.56. The third-order valence-electron chi connectivity index (χ3n) is 5.82. The van der Waals surface area contributed by atoms with E-state index in [-0.39, 0.29) is 26.0 Å². The van der Waals surface area contributed by atoms with Gasteiger partial charge in [0.25, 0.3) is 5.56 Å². The molecular formula is C26H34N4O10. The first-order chi connectivity index (χ1) is 18.8. The van der Waals surface area contributed by atoms with E-state index in [2.05, 4.69) is 10.6 Å². The number of hydrogen-bond donors (Lipinski definition) is 5. The summed E-state index contributed by atoms with van der Waals surface area (Å²) in [5.41, 5.74) is -1.55. The lowest BCUT2D eigenvalue weighted by molar-refractivity contribution is -0.147. The van der Waals surface area contributed by atoms with E-state index in [0.29, 0.717) is 0 Å². The summed E-state index contributed by atoms with van der Waals surface area (Å²) in [4.78, 5) is 62.9. The van der Waals surface area contributed by atoms with Gasteiger partial charge in [-0.1, -0.05) is 30.3 Å². The van der Waals surface area contributed by atoms with E-state index in [0.717, 1.165) is 22.4 Å². The summed E-state index contributed by atoms with van der Waals surface area (Å²) in [5, 5.41) is 25.7. The smallest absolute Gasteiger partial charge is 0.408 e. The number of aromatic amines is 1. The number of carbonyl (C=O) groups is 3. The van der Waals surface area contributed by atoms with Crippen LogP contribution in [0.1, 0.15) is 45.4 Å². The van der Waals surface area contributed by atoms with Crippen LogP contribution in [0.15, 0.2) is 52.2 Å². The topological polar surface area (TPSA) is 198 Å². The van der Waals surface area contributed by atoms with Gasteiger partial charge >= 0.3 is 17.8 Å². The van der Waals surface area contributed by atoms with Crippen LogP contribution < -0.4 is 21.9 Å². The maximum atomic E-state index is 12.7. The Kier molecular flexibility index (Phi) is 10.2. The molecule has 0 saturated carbocycles. The maximum Gasteiger partial charge on any atom is 0.408 e. The Hall–Kier alpha value is -4.01. The molecule has 1 aliphatic rings. The fourth-order valence-corrected chi connectivity index (χ4v) is 3.86. The fraction of sp³-hybridized carbons (Fsp3) is 0.500. The number of rotatable bonds is 10. The molecule has 2 aromatic rings. The second-order valence-corrected chi connectivity index (χ2v) is 10.2. The minimum atomic E-state index is -1.51. The molecule has 14 heteroatoms. The van der Waals surface area contributed by atoms with Crippen LogP contribution in [0, 0.1) is 0 Å². The van der Waals surface area contributed by atoms with Crippen molar-refractivity contribution in [3.63, 3.8) is 0 Å². The summed E-state index contributed by atoms with van der Waals surface area (Å²) in [5.74, 6) is -1.30. The van der Waals surface area contributed by atoms with Gasteiger partial charge in [0, 0.05) is 25.2 Å². The highest BCUT2D eigenvalue weighted by atomic mass is 16.6. The number of aliphatic hydroxyl groups is 2. The van der Waals surface area contributed by atoms with Gasteiger partial charge < -0.3 is 35.1 Å². The number of amides is 2. The van der Waals surface area contributed by atoms with E-state index in [1.54, 1.807) is 45.0 Å². The van der Waals surface area contributed by atoms with Crippen molar-refractivity contribution in [1.29, 1.82) is 0 Å². The van der Waals surface area contributed by atoms with Gasteiger partial charge in [-0.15, -0.1) is 0 Å². The Morgan fingerprint density at radius 2 is 1.80 bits per heavy atom. The number of nitrogens with zero attached hydrogens (tertiary/aromatic N) is 1. The number of nitrogens with one attached hydrogen (secondary N) is 3. The van der Waals surface area contributed by atoms with Gasteiger partial charge in [-0.05, 0) is 32.8 Å². The Labute approximate surface area is 229 Å². The number of hydrogen-bond acceptors (Lipinski definition) is 10. The number of H-pyrrole nitrogens is 1. The molecule has 0 unspecified atom stereocenters. The molecule has 14 nitrogen and oxygen atoms in total. The average Bonchev–Trinajstić information content (AvgIpc) is 3.16. The lowest BCUT2D eigenvalue weighted by Crippen LogP contribution is -2.45. The molecule has 1 aromatic heterocycles. The molecule has 2 amide bonds. The summed E-state index contributed by atoms with van der Waals surface area (Å²) >= 11 is 0. The number of ether oxygens (including phenoxy) is 3. The Morgan fingerprint density at radius 1 is 1.10 bits per heavy atom. The first-order valence-corrected chi connectivity index (χ1v) is 12.6. The number of alkyl carbamates (subject to hydrolysis) is 1.